The van der Waals surface area contributed by atoms with Gasteiger partial charge in [-0.1, -0.05) is 37.7 Å². The van der Waals surface area contributed by atoms with E-state index in [0.717, 1.165) is 18.4 Å². The van der Waals surface area contributed by atoms with Crippen molar-refractivity contribution in [3.63, 3.8) is 0 Å². The molecule has 1 saturated carbocycles. The van der Waals surface area contributed by atoms with Gasteiger partial charge >= 0.3 is 6.01 Å². The van der Waals surface area contributed by atoms with Gasteiger partial charge in [0.1, 0.15) is 0 Å². The lowest BCUT2D eigenvalue weighted by atomic mass is 9.81. The monoisotopic (exact) mass is 238 g/mol. The van der Waals surface area contributed by atoms with E-state index in [1.807, 2.05) is 0 Å². The number of anilines is 1. The third-order valence-corrected chi connectivity index (χ3v) is 3.61. The quantitative estimate of drug-likeness (QED) is 0.822. The van der Waals surface area contributed by atoms with Gasteiger partial charge in [-0.3, -0.25) is 0 Å². The first-order valence-electron chi connectivity index (χ1n) is 6.54. The van der Waals surface area contributed by atoms with Crippen LogP contribution in [0.4, 0.5) is 6.01 Å². The summed E-state index contributed by atoms with van der Waals surface area (Å²) in [4.78, 5) is 0. The van der Waals surface area contributed by atoms with Gasteiger partial charge in [0.15, 0.2) is 0 Å². The van der Waals surface area contributed by atoms with Crippen LogP contribution in [0.3, 0.4) is 0 Å². The second-order valence-corrected chi connectivity index (χ2v) is 5.05. The lowest BCUT2D eigenvalue weighted by molar-refractivity contribution is 0.281. The maximum Gasteiger partial charge on any atom is 0.315 e. The third-order valence-electron chi connectivity index (χ3n) is 3.61. The van der Waals surface area contributed by atoms with Crippen LogP contribution >= 0.6 is 0 Å². The van der Waals surface area contributed by atoms with E-state index in [-0.39, 0.29) is 0 Å². The van der Waals surface area contributed by atoms with Crippen LogP contribution < -0.4 is 11.1 Å². The van der Waals surface area contributed by atoms with Crippen molar-refractivity contribution in [3.8, 4) is 0 Å². The Morgan fingerprint density at radius 1 is 1.29 bits per heavy atom. The number of aromatic nitrogens is 2. The molecule has 1 aliphatic carbocycles. The van der Waals surface area contributed by atoms with Crippen LogP contribution in [-0.4, -0.2) is 16.7 Å². The molecule has 0 saturated heterocycles. The molecule has 3 N–H and O–H groups in total. The van der Waals surface area contributed by atoms with Gasteiger partial charge in [-0.25, -0.2) is 0 Å². The maximum atomic E-state index is 5.40. The fourth-order valence-corrected chi connectivity index (χ4v) is 2.41. The molecule has 5 nitrogen and oxygen atoms in total. The van der Waals surface area contributed by atoms with Crippen molar-refractivity contribution in [2.24, 2.45) is 17.6 Å². The highest BCUT2D eigenvalue weighted by Gasteiger charge is 2.17. The Morgan fingerprint density at radius 3 is 2.71 bits per heavy atom. The summed E-state index contributed by atoms with van der Waals surface area (Å²) in [7, 11) is 0. The average Bonchev–Trinajstić information content (AvgIpc) is 2.80. The fraction of sp³-hybridized carbons (Fsp3) is 0.833. The first kappa shape index (κ1) is 12.4. The Labute approximate surface area is 102 Å². The van der Waals surface area contributed by atoms with Crippen molar-refractivity contribution >= 4 is 6.01 Å². The van der Waals surface area contributed by atoms with Crippen molar-refractivity contribution in [2.75, 3.05) is 11.9 Å². The molecule has 0 aromatic carbocycles. The van der Waals surface area contributed by atoms with Crippen LogP contribution in [0.5, 0.6) is 0 Å². The summed E-state index contributed by atoms with van der Waals surface area (Å²) in [6, 6.07) is 0.495. The van der Waals surface area contributed by atoms with E-state index in [2.05, 4.69) is 22.4 Å². The summed E-state index contributed by atoms with van der Waals surface area (Å²) >= 11 is 0. The predicted molar refractivity (Wildman–Crippen MR) is 66.4 cm³/mol. The van der Waals surface area contributed by atoms with Gasteiger partial charge in [-0.05, 0) is 18.3 Å². The molecule has 0 unspecified atom stereocenters. The zero-order valence-corrected chi connectivity index (χ0v) is 10.5. The Balaban J connectivity index is 1.65. The minimum absolute atomic E-state index is 0.301. The molecule has 2 rings (SSSR count). The molecule has 0 radical (unpaired) electrons. The van der Waals surface area contributed by atoms with Crippen molar-refractivity contribution in [1.29, 1.82) is 0 Å². The van der Waals surface area contributed by atoms with Gasteiger partial charge < -0.3 is 15.5 Å². The Morgan fingerprint density at radius 2 is 2.06 bits per heavy atom. The zero-order valence-electron chi connectivity index (χ0n) is 10.5. The van der Waals surface area contributed by atoms with E-state index in [1.54, 1.807) is 0 Å². The zero-order chi connectivity index (χ0) is 12.1. The smallest absolute Gasteiger partial charge is 0.315 e. The molecule has 1 aromatic rings. The first-order chi connectivity index (χ1) is 8.28. The van der Waals surface area contributed by atoms with Gasteiger partial charge in [0.25, 0.3) is 0 Å². The Hall–Kier alpha value is -1.10. The molecule has 1 aliphatic rings. The Kier molecular flexibility index (Phi) is 4.36. The molecular formula is C12H22N4O. The van der Waals surface area contributed by atoms with Crippen LogP contribution in [0.2, 0.25) is 0 Å². The maximum absolute atomic E-state index is 5.40. The number of hydrogen-bond donors (Lipinski definition) is 2. The van der Waals surface area contributed by atoms with Gasteiger partial charge in [0.2, 0.25) is 5.89 Å². The highest BCUT2D eigenvalue weighted by atomic mass is 16.4. The van der Waals surface area contributed by atoms with Crippen molar-refractivity contribution in [3.05, 3.63) is 5.89 Å². The molecule has 0 atom stereocenters. The second-order valence-electron chi connectivity index (χ2n) is 5.05. The van der Waals surface area contributed by atoms with Crippen molar-refractivity contribution in [2.45, 2.75) is 45.6 Å². The SMILES string of the molecule is CC1CCC(CCNc2nnc(CN)o2)CC1. The molecule has 1 heterocycles. The van der Waals surface area contributed by atoms with Crippen LogP contribution in [0.1, 0.15) is 44.9 Å². The van der Waals surface area contributed by atoms with Crippen molar-refractivity contribution < 1.29 is 4.42 Å². The van der Waals surface area contributed by atoms with Crippen LogP contribution in [0.15, 0.2) is 4.42 Å². The molecule has 5 heteroatoms. The lowest BCUT2D eigenvalue weighted by Crippen LogP contribution is -2.15. The predicted octanol–water partition coefficient (Wildman–Crippen LogP) is 2.16. The standard InChI is InChI=1S/C12H22N4O/c1-9-2-4-10(5-3-9)6-7-14-12-16-15-11(8-13)17-12/h9-10H,2-8,13H2,1H3,(H,14,16). The van der Waals surface area contributed by atoms with Crippen LogP contribution in [0, 0.1) is 11.8 Å². The van der Waals surface area contributed by atoms with E-state index in [0.29, 0.717) is 18.5 Å². The fourth-order valence-electron chi connectivity index (χ4n) is 2.41. The molecule has 17 heavy (non-hydrogen) atoms. The summed E-state index contributed by atoms with van der Waals surface area (Å²) < 4.78 is 5.28. The van der Waals surface area contributed by atoms with E-state index in [4.69, 9.17) is 10.2 Å². The molecule has 0 bridgehead atoms. The normalized spacial score (nSPS) is 24.8. The van der Waals surface area contributed by atoms with Crippen LogP contribution in [0.25, 0.3) is 0 Å². The average molecular weight is 238 g/mol. The van der Waals surface area contributed by atoms with Gasteiger partial charge in [0, 0.05) is 6.54 Å². The second kappa shape index (κ2) is 6.00. The highest BCUT2D eigenvalue weighted by molar-refractivity contribution is 5.16. The van der Waals surface area contributed by atoms with E-state index < -0.39 is 0 Å². The molecule has 0 amide bonds. The first-order valence-corrected chi connectivity index (χ1v) is 6.54. The summed E-state index contributed by atoms with van der Waals surface area (Å²) in [6.45, 7) is 3.56. The van der Waals surface area contributed by atoms with Gasteiger partial charge in [-0.2, -0.15) is 0 Å². The Bertz CT molecular complexity index is 331. The van der Waals surface area contributed by atoms with E-state index in [9.17, 15) is 0 Å². The molecule has 96 valence electrons. The number of nitrogens with zero attached hydrogens (tertiary/aromatic N) is 2. The van der Waals surface area contributed by atoms with Gasteiger partial charge in [0.05, 0.1) is 6.54 Å². The molecule has 1 aromatic heterocycles. The highest BCUT2D eigenvalue weighted by Crippen LogP contribution is 2.30. The van der Waals surface area contributed by atoms with E-state index in [1.165, 1.54) is 32.1 Å². The minimum Gasteiger partial charge on any atom is -0.407 e. The lowest BCUT2D eigenvalue weighted by Gasteiger charge is -2.25. The largest absolute Gasteiger partial charge is 0.407 e. The number of rotatable bonds is 5. The molecular weight excluding hydrogens is 216 g/mol. The van der Waals surface area contributed by atoms with Crippen LogP contribution in [-0.2, 0) is 6.54 Å². The third kappa shape index (κ3) is 3.70. The van der Waals surface area contributed by atoms with Gasteiger partial charge in [-0.15, -0.1) is 5.10 Å². The summed E-state index contributed by atoms with van der Waals surface area (Å²) in [5, 5.41) is 10.8. The number of hydrogen-bond acceptors (Lipinski definition) is 5. The number of nitrogens with two attached hydrogens (primary N) is 1. The van der Waals surface area contributed by atoms with Crippen molar-refractivity contribution in [1.82, 2.24) is 10.2 Å². The molecule has 0 spiro atoms. The minimum atomic E-state index is 0.301. The molecule has 0 aliphatic heterocycles. The summed E-state index contributed by atoms with van der Waals surface area (Å²) in [5.41, 5.74) is 5.40. The topological polar surface area (TPSA) is 77.0 Å². The van der Waals surface area contributed by atoms with E-state index >= 15 is 0 Å². The summed E-state index contributed by atoms with van der Waals surface area (Å²) in [6.07, 6.45) is 6.67. The summed E-state index contributed by atoms with van der Waals surface area (Å²) in [5.74, 6) is 2.26. The number of nitrogens with one attached hydrogen (secondary N) is 1. The molecule has 1 fully saturated rings.